The number of hydrogen-bond acceptors (Lipinski definition) is 2. The van der Waals surface area contributed by atoms with E-state index in [9.17, 15) is 0 Å². The van der Waals surface area contributed by atoms with E-state index >= 15 is 0 Å². The minimum atomic E-state index is 0.616. The second-order valence-corrected chi connectivity index (χ2v) is 3.66. The Labute approximate surface area is 60.5 Å². The second kappa shape index (κ2) is 1.74. The minimum Gasteiger partial charge on any atom is -0.373 e. The summed E-state index contributed by atoms with van der Waals surface area (Å²) in [5, 5.41) is 0. The molecule has 2 saturated heterocycles. The maximum Gasteiger partial charge on any atom is 0.0845 e. The quantitative estimate of drug-likeness (QED) is 0.507. The zero-order chi connectivity index (χ0) is 6.55. The highest BCUT2D eigenvalue weighted by atomic mass is 16.6. The summed E-state index contributed by atoms with van der Waals surface area (Å²) in [5.74, 6) is 0.837. The molecule has 10 heavy (non-hydrogen) atoms. The average Bonchev–Trinajstić information content (AvgIpc) is 2.83. The number of epoxide rings is 2. The molecule has 3 rings (SSSR count). The van der Waals surface area contributed by atoms with Crippen LogP contribution >= 0.6 is 0 Å². The van der Waals surface area contributed by atoms with E-state index in [4.69, 9.17) is 9.47 Å². The van der Waals surface area contributed by atoms with E-state index in [0.29, 0.717) is 18.3 Å². The first-order valence-corrected chi connectivity index (χ1v) is 4.20. The van der Waals surface area contributed by atoms with Crippen molar-refractivity contribution in [3.63, 3.8) is 0 Å². The van der Waals surface area contributed by atoms with Gasteiger partial charge in [-0.05, 0) is 25.2 Å². The Morgan fingerprint density at radius 3 is 2.60 bits per heavy atom. The van der Waals surface area contributed by atoms with E-state index in [1.807, 2.05) is 0 Å². The summed E-state index contributed by atoms with van der Waals surface area (Å²) in [7, 11) is 0. The van der Waals surface area contributed by atoms with E-state index < -0.39 is 0 Å². The van der Waals surface area contributed by atoms with Gasteiger partial charge in [0.2, 0.25) is 0 Å². The third-order valence-electron chi connectivity index (χ3n) is 2.93. The van der Waals surface area contributed by atoms with Crippen LogP contribution in [-0.4, -0.2) is 24.9 Å². The summed E-state index contributed by atoms with van der Waals surface area (Å²) >= 11 is 0. The van der Waals surface area contributed by atoms with Crippen LogP contribution in [0, 0.1) is 5.92 Å². The number of ether oxygens (including phenoxy) is 2. The van der Waals surface area contributed by atoms with Gasteiger partial charge < -0.3 is 9.47 Å². The summed E-state index contributed by atoms with van der Waals surface area (Å²) in [6.45, 7) is 1.02. The van der Waals surface area contributed by atoms with Crippen LogP contribution in [0.5, 0.6) is 0 Å². The first-order chi connectivity index (χ1) is 4.93. The largest absolute Gasteiger partial charge is 0.373 e. The second-order valence-electron chi connectivity index (χ2n) is 3.66. The van der Waals surface area contributed by atoms with Crippen LogP contribution in [0.3, 0.4) is 0 Å². The topological polar surface area (TPSA) is 25.1 Å². The van der Waals surface area contributed by atoms with Gasteiger partial charge in [0, 0.05) is 0 Å². The van der Waals surface area contributed by atoms with Gasteiger partial charge in [-0.1, -0.05) is 0 Å². The molecule has 1 saturated carbocycles. The molecule has 2 aliphatic heterocycles. The average molecular weight is 140 g/mol. The van der Waals surface area contributed by atoms with E-state index in [-0.39, 0.29) is 0 Å². The van der Waals surface area contributed by atoms with Crippen LogP contribution < -0.4 is 0 Å². The molecule has 0 radical (unpaired) electrons. The van der Waals surface area contributed by atoms with Gasteiger partial charge in [0.15, 0.2) is 0 Å². The normalized spacial score (nSPS) is 57.6. The fourth-order valence-electron chi connectivity index (χ4n) is 2.10. The molecule has 56 valence electrons. The van der Waals surface area contributed by atoms with E-state index in [2.05, 4.69) is 0 Å². The predicted molar refractivity (Wildman–Crippen MR) is 35.7 cm³/mol. The lowest BCUT2D eigenvalue weighted by atomic mass is 9.87. The lowest BCUT2D eigenvalue weighted by molar-refractivity contribution is 0.279. The SMILES string of the molecule is C1C[C@@H]2O[C@@H]2C[C@H]1[C@@H]1CO1. The molecule has 4 atom stereocenters. The number of rotatable bonds is 1. The molecule has 2 nitrogen and oxygen atoms in total. The summed E-state index contributed by atoms with van der Waals surface area (Å²) in [6, 6.07) is 0. The van der Waals surface area contributed by atoms with Gasteiger partial charge in [0.1, 0.15) is 0 Å². The number of hydrogen-bond donors (Lipinski definition) is 0. The van der Waals surface area contributed by atoms with Gasteiger partial charge in [-0.25, -0.2) is 0 Å². The Morgan fingerprint density at radius 1 is 1.00 bits per heavy atom. The van der Waals surface area contributed by atoms with Gasteiger partial charge in [0.05, 0.1) is 24.9 Å². The summed E-state index contributed by atoms with van der Waals surface area (Å²) < 4.78 is 10.7. The molecule has 3 fully saturated rings. The Balaban J connectivity index is 1.65. The van der Waals surface area contributed by atoms with Crippen molar-refractivity contribution in [1.82, 2.24) is 0 Å². The van der Waals surface area contributed by atoms with Crippen LogP contribution in [0.15, 0.2) is 0 Å². The third kappa shape index (κ3) is 0.789. The Kier molecular flexibility index (Phi) is 0.968. The first kappa shape index (κ1) is 5.56. The van der Waals surface area contributed by atoms with Crippen LogP contribution in [-0.2, 0) is 9.47 Å². The summed E-state index contributed by atoms with van der Waals surface area (Å²) in [4.78, 5) is 0. The van der Waals surface area contributed by atoms with Crippen molar-refractivity contribution in [3.05, 3.63) is 0 Å². The Hall–Kier alpha value is -0.0800. The highest BCUT2D eigenvalue weighted by Gasteiger charge is 2.48. The van der Waals surface area contributed by atoms with Gasteiger partial charge in [-0.3, -0.25) is 0 Å². The molecule has 0 N–H and O–H groups in total. The fourth-order valence-corrected chi connectivity index (χ4v) is 2.10. The zero-order valence-electron chi connectivity index (χ0n) is 5.95. The summed E-state index contributed by atoms with van der Waals surface area (Å²) in [6.07, 6.45) is 5.79. The molecule has 0 amide bonds. The standard InChI is InChI=1S/C8H12O2/c1-2-6-7(10-6)3-5(1)8-4-9-8/h5-8H,1-4H2/t5-,6-,7+,8-/m0/s1. The first-order valence-electron chi connectivity index (χ1n) is 4.20. The van der Waals surface area contributed by atoms with Crippen molar-refractivity contribution < 1.29 is 9.47 Å². The van der Waals surface area contributed by atoms with Crippen molar-refractivity contribution in [3.8, 4) is 0 Å². The van der Waals surface area contributed by atoms with Gasteiger partial charge in [-0.2, -0.15) is 0 Å². The van der Waals surface area contributed by atoms with Crippen LogP contribution in [0.1, 0.15) is 19.3 Å². The predicted octanol–water partition coefficient (Wildman–Crippen LogP) is 0.953. The monoisotopic (exact) mass is 140 g/mol. The molecule has 0 spiro atoms. The molecule has 0 bridgehead atoms. The maximum absolute atomic E-state index is 5.43. The smallest absolute Gasteiger partial charge is 0.0845 e. The van der Waals surface area contributed by atoms with Crippen molar-refractivity contribution in [2.24, 2.45) is 5.92 Å². The lowest BCUT2D eigenvalue weighted by Crippen LogP contribution is -2.17. The molecule has 0 unspecified atom stereocenters. The van der Waals surface area contributed by atoms with Gasteiger partial charge in [-0.15, -0.1) is 0 Å². The molecule has 0 aromatic rings. The lowest BCUT2D eigenvalue weighted by Gasteiger charge is -2.15. The Morgan fingerprint density at radius 2 is 1.90 bits per heavy atom. The molecule has 0 aromatic carbocycles. The highest BCUT2D eigenvalue weighted by molar-refractivity contribution is 4.96. The van der Waals surface area contributed by atoms with Crippen molar-refractivity contribution in [1.29, 1.82) is 0 Å². The van der Waals surface area contributed by atoms with Crippen LogP contribution in [0.2, 0.25) is 0 Å². The molecule has 3 aliphatic rings. The fraction of sp³-hybridized carbons (Fsp3) is 1.00. The molecule has 2 heterocycles. The number of fused-ring (bicyclic) bond motifs is 1. The van der Waals surface area contributed by atoms with E-state index in [0.717, 1.165) is 12.5 Å². The molecule has 0 aromatic heterocycles. The minimum absolute atomic E-state index is 0.616. The third-order valence-corrected chi connectivity index (χ3v) is 2.93. The van der Waals surface area contributed by atoms with E-state index in [1.54, 1.807) is 0 Å². The molecular formula is C8H12O2. The molecule has 2 heteroatoms. The van der Waals surface area contributed by atoms with Crippen LogP contribution in [0.25, 0.3) is 0 Å². The van der Waals surface area contributed by atoms with Crippen molar-refractivity contribution in [2.45, 2.75) is 37.6 Å². The van der Waals surface area contributed by atoms with Crippen molar-refractivity contribution in [2.75, 3.05) is 6.61 Å². The summed E-state index contributed by atoms with van der Waals surface area (Å²) in [5.41, 5.74) is 0. The van der Waals surface area contributed by atoms with Gasteiger partial charge >= 0.3 is 0 Å². The van der Waals surface area contributed by atoms with Crippen LogP contribution in [0.4, 0.5) is 0 Å². The zero-order valence-corrected chi connectivity index (χ0v) is 5.95. The Bertz CT molecular complexity index is 153. The molecular weight excluding hydrogens is 128 g/mol. The maximum atomic E-state index is 5.43. The van der Waals surface area contributed by atoms with E-state index in [1.165, 1.54) is 19.3 Å². The van der Waals surface area contributed by atoms with Gasteiger partial charge in [0.25, 0.3) is 0 Å². The molecule has 1 aliphatic carbocycles. The highest BCUT2D eigenvalue weighted by Crippen LogP contribution is 2.43. The van der Waals surface area contributed by atoms with Crippen molar-refractivity contribution >= 4 is 0 Å².